The van der Waals surface area contributed by atoms with Crippen LogP contribution in [0.5, 0.6) is 0 Å². The molecule has 0 aliphatic carbocycles. The van der Waals surface area contributed by atoms with Crippen molar-refractivity contribution in [1.82, 2.24) is 15.5 Å². The van der Waals surface area contributed by atoms with E-state index in [0.29, 0.717) is 6.54 Å². The fourth-order valence-electron chi connectivity index (χ4n) is 3.82. The Labute approximate surface area is 209 Å². The summed E-state index contributed by atoms with van der Waals surface area (Å²) >= 11 is 0. The lowest BCUT2D eigenvalue weighted by Gasteiger charge is -2.37. The molecule has 0 saturated heterocycles. The predicted molar refractivity (Wildman–Crippen MR) is 138 cm³/mol. The molecule has 7 nitrogen and oxygen atoms in total. The van der Waals surface area contributed by atoms with E-state index >= 15 is 0 Å². The average molecular weight is 482 g/mol. The third kappa shape index (κ3) is 7.84. The van der Waals surface area contributed by atoms with Crippen LogP contribution in [-0.2, 0) is 20.9 Å². The van der Waals surface area contributed by atoms with Crippen LogP contribution in [0.15, 0.2) is 48.5 Å². The molecule has 0 spiro atoms. The van der Waals surface area contributed by atoms with Crippen LogP contribution in [0, 0.1) is 13.8 Å². The number of carbonyl (C=O) groups is 3. The van der Waals surface area contributed by atoms with Crippen molar-refractivity contribution in [1.29, 1.82) is 0 Å². The van der Waals surface area contributed by atoms with Crippen LogP contribution < -0.4 is 10.6 Å². The number of hydrogen-bond acceptors (Lipinski definition) is 4. The Hall–Kier alpha value is -3.35. The minimum Gasteiger partial charge on any atom is -0.444 e. The van der Waals surface area contributed by atoms with Gasteiger partial charge in [0.1, 0.15) is 17.7 Å². The molecule has 0 aromatic heterocycles. The number of carbonyl (C=O) groups excluding carboxylic acids is 3. The number of ether oxygens (including phenoxy) is 1. The third-order valence-corrected chi connectivity index (χ3v) is 5.69. The van der Waals surface area contributed by atoms with Crippen LogP contribution in [0.4, 0.5) is 4.79 Å². The molecule has 190 valence electrons. The Morgan fingerprint density at radius 1 is 0.943 bits per heavy atom. The number of hydrogen-bond donors (Lipinski definition) is 2. The predicted octanol–water partition coefficient (Wildman–Crippen LogP) is 4.81. The Bertz CT molecular complexity index is 1030. The number of benzene rings is 2. The summed E-state index contributed by atoms with van der Waals surface area (Å²) in [6.45, 7) is 14.9. The lowest BCUT2D eigenvalue weighted by Crippen LogP contribution is -2.54. The second-order valence-electron chi connectivity index (χ2n) is 10.1. The molecule has 35 heavy (non-hydrogen) atoms. The van der Waals surface area contributed by atoms with Gasteiger partial charge in [-0.3, -0.25) is 9.59 Å². The number of aryl methyl sites for hydroxylation is 1. The van der Waals surface area contributed by atoms with Crippen molar-refractivity contribution in [3.05, 3.63) is 70.8 Å². The van der Waals surface area contributed by atoms with Crippen molar-refractivity contribution in [3.63, 3.8) is 0 Å². The quantitative estimate of drug-likeness (QED) is 0.566. The van der Waals surface area contributed by atoms with Crippen LogP contribution in [0.1, 0.15) is 69.8 Å². The maximum Gasteiger partial charge on any atom is 0.408 e. The van der Waals surface area contributed by atoms with Gasteiger partial charge in [0.05, 0.1) is 0 Å². The van der Waals surface area contributed by atoms with Gasteiger partial charge in [-0.15, -0.1) is 0 Å². The Balaban J connectivity index is 2.40. The highest BCUT2D eigenvalue weighted by Gasteiger charge is 2.37. The minimum atomic E-state index is -0.887. The van der Waals surface area contributed by atoms with Crippen molar-refractivity contribution < 1.29 is 19.1 Å². The molecule has 2 N–H and O–H groups in total. The first-order chi connectivity index (χ1) is 16.3. The van der Waals surface area contributed by atoms with Gasteiger partial charge in [-0.25, -0.2) is 4.79 Å². The van der Waals surface area contributed by atoms with Gasteiger partial charge in [-0.1, -0.05) is 48.5 Å². The lowest BCUT2D eigenvalue weighted by atomic mass is 9.94. The molecule has 0 aliphatic heterocycles. The first kappa shape index (κ1) is 27.9. The number of nitrogens with one attached hydrogen (secondary N) is 2. The summed E-state index contributed by atoms with van der Waals surface area (Å²) in [4.78, 5) is 41.2. The zero-order valence-electron chi connectivity index (χ0n) is 22.1. The number of nitrogens with zero attached hydrogens (tertiary/aromatic N) is 1. The van der Waals surface area contributed by atoms with E-state index in [0.717, 1.165) is 22.3 Å². The lowest BCUT2D eigenvalue weighted by molar-refractivity contribution is -0.144. The molecule has 0 aliphatic rings. The van der Waals surface area contributed by atoms with Crippen molar-refractivity contribution in [2.45, 2.75) is 85.7 Å². The van der Waals surface area contributed by atoms with Crippen LogP contribution in [0.25, 0.3) is 0 Å². The molecule has 2 aromatic carbocycles. The van der Waals surface area contributed by atoms with Crippen LogP contribution in [0.3, 0.4) is 0 Å². The average Bonchev–Trinajstić information content (AvgIpc) is 2.76. The van der Waals surface area contributed by atoms with E-state index < -0.39 is 23.8 Å². The zero-order valence-corrected chi connectivity index (χ0v) is 22.1. The van der Waals surface area contributed by atoms with E-state index in [-0.39, 0.29) is 17.9 Å². The molecule has 2 rings (SSSR count). The van der Waals surface area contributed by atoms with Gasteiger partial charge in [-0.2, -0.15) is 0 Å². The van der Waals surface area contributed by atoms with Crippen molar-refractivity contribution in [2.24, 2.45) is 0 Å². The summed E-state index contributed by atoms with van der Waals surface area (Å²) in [6, 6.07) is 13.3. The highest BCUT2D eigenvalue weighted by molar-refractivity contribution is 5.92. The highest BCUT2D eigenvalue weighted by Crippen LogP contribution is 2.29. The fourth-order valence-corrected chi connectivity index (χ4v) is 3.82. The van der Waals surface area contributed by atoms with Gasteiger partial charge in [0.25, 0.3) is 0 Å². The summed E-state index contributed by atoms with van der Waals surface area (Å²) in [6.07, 6.45) is -0.682. The van der Waals surface area contributed by atoms with Gasteiger partial charge >= 0.3 is 6.09 Å². The third-order valence-electron chi connectivity index (χ3n) is 5.69. The molecule has 0 fully saturated rings. The highest BCUT2D eigenvalue weighted by atomic mass is 16.6. The molecular weight excluding hydrogens is 442 g/mol. The number of amides is 3. The summed E-state index contributed by atoms with van der Waals surface area (Å²) < 4.78 is 5.31. The standard InChI is InChI=1S/C28H39N3O4/c1-18(2)31(26(33)21(5)30-27(34)35-28(6,7)8)24(23-16-12-13-19(3)20(23)4)25(32)29-17-22-14-10-9-11-15-22/h9-16,18,21,24H,17H2,1-8H3,(H,29,32)(H,30,34). The largest absolute Gasteiger partial charge is 0.444 e. The molecule has 2 aromatic rings. The van der Waals surface area contributed by atoms with E-state index in [4.69, 9.17) is 4.74 Å². The van der Waals surface area contributed by atoms with Gasteiger partial charge in [-0.05, 0) is 77.6 Å². The van der Waals surface area contributed by atoms with E-state index in [9.17, 15) is 14.4 Å². The molecule has 0 radical (unpaired) electrons. The summed E-state index contributed by atoms with van der Waals surface area (Å²) in [5, 5.41) is 5.62. The monoisotopic (exact) mass is 481 g/mol. The van der Waals surface area contributed by atoms with Gasteiger partial charge in [0, 0.05) is 12.6 Å². The van der Waals surface area contributed by atoms with Crippen LogP contribution in [-0.4, -0.2) is 40.5 Å². The van der Waals surface area contributed by atoms with Crippen LogP contribution in [0.2, 0.25) is 0 Å². The molecule has 3 amide bonds. The maximum atomic E-state index is 13.7. The van der Waals surface area contributed by atoms with Gasteiger partial charge in [0.15, 0.2) is 0 Å². The Kier molecular flexibility index (Phi) is 9.46. The SMILES string of the molecule is Cc1cccc(C(C(=O)NCc2ccccc2)N(C(=O)C(C)NC(=O)OC(C)(C)C)C(C)C)c1C. The smallest absolute Gasteiger partial charge is 0.408 e. The Morgan fingerprint density at radius 2 is 1.57 bits per heavy atom. The Morgan fingerprint density at radius 3 is 2.14 bits per heavy atom. The van der Waals surface area contributed by atoms with Crippen molar-refractivity contribution in [2.75, 3.05) is 0 Å². The van der Waals surface area contributed by atoms with Crippen molar-refractivity contribution >= 4 is 17.9 Å². The molecule has 0 saturated carbocycles. The molecule has 7 heteroatoms. The van der Waals surface area contributed by atoms with Crippen molar-refractivity contribution in [3.8, 4) is 0 Å². The summed E-state index contributed by atoms with van der Waals surface area (Å²) in [5.74, 6) is -0.652. The molecule has 2 atom stereocenters. The van der Waals surface area contributed by atoms with Gasteiger partial charge in [0.2, 0.25) is 11.8 Å². The minimum absolute atomic E-state index is 0.283. The first-order valence-corrected chi connectivity index (χ1v) is 12.0. The van der Waals surface area contributed by atoms with E-state index in [1.165, 1.54) is 0 Å². The van der Waals surface area contributed by atoms with E-state index in [1.807, 2.05) is 76.2 Å². The van der Waals surface area contributed by atoms with E-state index in [2.05, 4.69) is 10.6 Å². The second-order valence-corrected chi connectivity index (χ2v) is 10.1. The summed E-state index contributed by atoms with van der Waals surface area (Å²) in [7, 11) is 0. The first-order valence-electron chi connectivity index (χ1n) is 12.0. The zero-order chi connectivity index (χ0) is 26.3. The molecule has 2 unspecified atom stereocenters. The normalized spacial score (nSPS) is 13.1. The fraction of sp³-hybridized carbons (Fsp3) is 0.464. The topological polar surface area (TPSA) is 87.7 Å². The molecular formula is C28H39N3O4. The van der Waals surface area contributed by atoms with Crippen LogP contribution >= 0.6 is 0 Å². The van der Waals surface area contributed by atoms with E-state index in [1.54, 1.807) is 32.6 Å². The molecule has 0 bridgehead atoms. The second kappa shape index (κ2) is 11.9. The maximum absolute atomic E-state index is 13.7. The van der Waals surface area contributed by atoms with Gasteiger partial charge < -0.3 is 20.3 Å². The number of alkyl carbamates (subject to hydrolysis) is 1. The number of rotatable bonds is 8. The summed E-state index contributed by atoms with van der Waals surface area (Å²) in [5.41, 5.74) is 2.99. The molecule has 0 heterocycles.